The van der Waals surface area contributed by atoms with Crippen LogP contribution in [-0.2, 0) is 10.0 Å². The van der Waals surface area contributed by atoms with E-state index in [2.05, 4.69) is 21.9 Å². The zero-order valence-corrected chi connectivity index (χ0v) is 14.8. The van der Waals surface area contributed by atoms with Gasteiger partial charge < -0.3 is 10.1 Å². The highest BCUT2D eigenvalue weighted by atomic mass is 32.2. The van der Waals surface area contributed by atoms with Gasteiger partial charge in [-0.15, -0.1) is 0 Å². The third kappa shape index (κ3) is 5.13. The van der Waals surface area contributed by atoms with Crippen molar-refractivity contribution in [3.05, 3.63) is 42.6 Å². The maximum atomic E-state index is 12.3. The molecule has 0 radical (unpaired) electrons. The van der Waals surface area contributed by atoms with Gasteiger partial charge in [0.05, 0.1) is 23.9 Å². The smallest absolute Gasteiger partial charge is 0.261 e. The molecule has 24 heavy (non-hydrogen) atoms. The van der Waals surface area contributed by atoms with Gasteiger partial charge in [0.1, 0.15) is 11.6 Å². The summed E-state index contributed by atoms with van der Waals surface area (Å²) in [7, 11) is -2.11. The summed E-state index contributed by atoms with van der Waals surface area (Å²) in [5.74, 6) is 1.34. The zero-order valence-electron chi connectivity index (χ0n) is 14.0. The number of rotatable bonds is 9. The van der Waals surface area contributed by atoms with Crippen LogP contribution in [0, 0.1) is 0 Å². The molecule has 0 unspecified atom stereocenters. The molecule has 0 amide bonds. The van der Waals surface area contributed by atoms with Crippen LogP contribution >= 0.6 is 0 Å². The number of ether oxygens (including phenoxy) is 1. The number of nitrogens with one attached hydrogen (secondary N) is 2. The molecule has 0 fully saturated rings. The van der Waals surface area contributed by atoms with E-state index in [-0.39, 0.29) is 4.90 Å². The first kappa shape index (κ1) is 18.1. The van der Waals surface area contributed by atoms with E-state index in [1.54, 1.807) is 24.3 Å². The molecular weight excluding hydrogens is 326 g/mol. The number of pyridine rings is 1. The average Bonchev–Trinajstić information content (AvgIpc) is 2.60. The number of benzene rings is 1. The lowest BCUT2D eigenvalue weighted by atomic mass is 10.2. The summed E-state index contributed by atoms with van der Waals surface area (Å²) in [6.45, 7) is 3.01. The molecule has 2 N–H and O–H groups in total. The molecule has 0 saturated heterocycles. The standard InChI is InChI=1S/C17H23N3O3S/c1-3-4-5-12-18-17-11-6-14(13-19-17)20-24(21,22)16-9-7-15(23-2)8-10-16/h6-11,13,20H,3-5,12H2,1-2H3,(H,18,19). The topological polar surface area (TPSA) is 80.3 Å². The van der Waals surface area contributed by atoms with Crippen molar-refractivity contribution in [2.75, 3.05) is 23.7 Å². The summed E-state index contributed by atoms with van der Waals surface area (Å²) in [4.78, 5) is 4.39. The Kier molecular flexibility index (Phi) is 6.43. The van der Waals surface area contributed by atoms with E-state index in [4.69, 9.17) is 4.74 Å². The summed E-state index contributed by atoms with van der Waals surface area (Å²) in [6, 6.07) is 9.66. The molecule has 1 aromatic carbocycles. The Hall–Kier alpha value is -2.28. The highest BCUT2D eigenvalue weighted by Gasteiger charge is 2.14. The third-order valence-electron chi connectivity index (χ3n) is 3.47. The van der Waals surface area contributed by atoms with E-state index in [1.165, 1.54) is 38.3 Å². The first-order valence-electron chi connectivity index (χ1n) is 7.92. The van der Waals surface area contributed by atoms with Crippen LogP contribution < -0.4 is 14.8 Å². The maximum Gasteiger partial charge on any atom is 0.261 e. The minimum atomic E-state index is -3.64. The SMILES string of the molecule is CCCCCNc1ccc(NS(=O)(=O)c2ccc(OC)cc2)cn1. The van der Waals surface area contributed by atoms with Crippen molar-refractivity contribution >= 4 is 21.5 Å². The Bertz CT molecular complexity index is 729. The molecule has 0 saturated carbocycles. The highest BCUT2D eigenvalue weighted by molar-refractivity contribution is 7.92. The van der Waals surface area contributed by atoms with Crippen LogP contribution in [0.3, 0.4) is 0 Å². The van der Waals surface area contributed by atoms with E-state index in [9.17, 15) is 8.42 Å². The number of hydrogen-bond acceptors (Lipinski definition) is 5. The molecule has 6 nitrogen and oxygen atoms in total. The Morgan fingerprint density at radius 3 is 2.42 bits per heavy atom. The molecule has 0 aliphatic carbocycles. The van der Waals surface area contributed by atoms with Gasteiger partial charge in [-0.3, -0.25) is 4.72 Å². The maximum absolute atomic E-state index is 12.3. The quantitative estimate of drug-likeness (QED) is 0.677. The van der Waals surface area contributed by atoms with Crippen molar-refractivity contribution in [2.45, 2.75) is 31.1 Å². The normalized spacial score (nSPS) is 11.1. The molecule has 0 aliphatic heterocycles. The predicted octanol–water partition coefficient (Wildman–Crippen LogP) is 3.49. The molecule has 1 aromatic heterocycles. The Labute approximate surface area is 143 Å². The Morgan fingerprint density at radius 1 is 1.08 bits per heavy atom. The van der Waals surface area contributed by atoms with Crippen molar-refractivity contribution < 1.29 is 13.2 Å². The highest BCUT2D eigenvalue weighted by Crippen LogP contribution is 2.19. The molecule has 2 aromatic rings. The second kappa shape index (κ2) is 8.54. The van der Waals surface area contributed by atoms with Crippen molar-refractivity contribution in [3.63, 3.8) is 0 Å². The van der Waals surface area contributed by atoms with Crippen LogP contribution in [0.5, 0.6) is 5.75 Å². The summed E-state index contributed by atoms with van der Waals surface area (Å²) in [5, 5.41) is 3.21. The lowest BCUT2D eigenvalue weighted by Crippen LogP contribution is -2.13. The minimum Gasteiger partial charge on any atom is -0.497 e. The number of anilines is 2. The van der Waals surface area contributed by atoms with E-state index < -0.39 is 10.0 Å². The molecule has 0 atom stereocenters. The fourth-order valence-corrected chi connectivity index (χ4v) is 3.16. The van der Waals surface area contributed by atoms with Gasteiger partial charge >= 0.3 is 0 Å². The third-order valence-corrected chi connectivity index (χ3v) is 4.87. The molecule has 1 heterocycles. The van der Waals surface area contributed by atoms with E-state index in [0.717, 1.165) is 18.8 Å². The largest absolute Gasteiger partial charge is 0.497 e. The molecule has 0 bridgehead atoms. The van der Waals surface area contributed by atoms with Crippen LogP contribution in [0.2, 0.25) is 0 Å². The van der Waals surface area contributed by atoms with Crippen molar-refractivity contribution in [1.29, 1.82) is 0 Å². The van der Waals surface area contributed by atoms with Gasteiger partial charge in [-0.05, 0) is 42.8 Å². The number of nitrogens with zero attached hydrogens (tertiary/aromatic N) is 1. The molecule has 2 rings (SSSR count). The molecule has 130 valence electrons. The average molecular weight is 349 g/mol. The number of unbranched alkanes of at least 4 members (excludes halogenated alkanes) is 2. The summed E-state index contributed by atoms with van der Waals surface area (Å²) in [5.41, 5.74) is 0.421. The minimum absolute atomic E-state index is 0.171. The lowest BCUT2D eigenvalue weighted by Gasteiger charge is -2.10. The Balaban J connectivity index is 1.98. The first-order chi connectivity index (χ1) is 11.5. The monoisotopic (exact) mass is 349 g/mol. The fraction of sp³-hybridized carbons (Fsp3) is 0.353. The van der Waals surface area contributed by atoms with E-state index >= 15 is 0 Å². The second-order valence-electron chi connectivity index (χ2n) is 5.35. The lowest BCUT2D eigenvalue weighted by molar-refractivity contribution is 0.414. The molecule has 0 aliphatic rings. The fourth-order valence-electron chi connectivity index (χ4n) is 2.12. The van der Waals surface area contributed by atoms with Gasteiger partial charge in [-0.1, -0.05) is 19.8 Å². The van der Waals surface area contributed by atoms with Gasteiger partial charge in [0.2, 0.25) is 0 Å². The van der Waals surface area contributed by atoms with Gasteiger partial charge in [-0.25, -0.2) is 13.4 Å². The van der Waals surface area contributed by atoms with Crippen LogP contribution in [0.4, 0.5) is 11.5 Å². The predicted molar refractivity (Wildman–Crippen MR) is 96.1 cm³/mol. The summed E-state index contributed by atoms with van der Waals surface area (Å²) >= 11 is 0. The zero-order chi connectivity index (χ0) is 17.4. The summed E-state index contributed by atoms with van der Waals surface area (Å²) < 4.78 is 32.2. The van der Waals surface area contributed by atoms with Crippen molar-refractivity contribution in [2.24, 2.45) is 0 Å². The molecule has 0 spiro atoms. The van der Waals surface area contributed by atoms with E-state index in [1.807, 2.05) is 0 Å². The second-order valence-corrected chi connectivity index (χ2v) is 7.03. The summed E-state index contributed by atoms with van der Waals surface area (Å²) in [6.07, 6.45) is 4.93. The van der Waals surface area contributed by atoms with Crippen LogP contribution in [0.15, 0.2) is 47.5 Å². The van der Waals surface area contributed by atoms with Gasteiger partial charge in [0.15, 0.2) is 0 Å². The Morgan fingerprint density at radius 2 is 1.83 bits per heavy atom. The molecular formula is C17H23N3O3S. The first-order valence-corrected chi connectivity index (χ1v) is 9.40. The number of aromatic nitrogens is 1. The van der Waals surface area contributed by atoms with Crippen molar-refractivity contribution in [3.8, 4) is 5.75 Å². The van der Waals surface area contributed by atoms with E-state index in [0.29, 0.717) is 11.4 Å². The van der Waals surface area contributed by atoms with Crippen molar-refractivity contribution in [1.82, 2.24) is 4.98 Å². The van der Waals surface area contributed by atoms with Gasteiger partial charge in [0.25, 0.3) is 10.0 Å². The van der Waals surface area contributed by atoms with Gasteiger partial charge in [0, 0.05) is 6.54 Å². The van der Waals surface area contributed by atoms with Gasteiger partial charge in [-0.2, -0.15) is 0 Å². The number of sulfonamides is 1. The van der Waals surface area contributed by atoms with Crippen LogP contribution in [0.1, 0.15) is 26.2 Å². The number of hydrogen-bond donors (Lipinski definition) is 2. The molecule has 7 heteroatoms. The van der Waals surface area contributed by atoms with Crippen LogP contribution in [-0.4, -0.2) is 27.1 Å². The van der Waals surface area contributed by atoms with Crippen LogP contribution in [0.25, 0.3) is 0 Å². The number of methoxy groups -OCH3 is 1.